The summed E-state index contributed by atoms with van der Waals surface area (Å²) < 4.78 is 1.16. The fraction of sp³-hybridized carbons (Fsp3) is 0.455. The minimum Gasteiger partial charge on any atom is -0.378 e. The molecule has 1 aromatic rings. The first kappa shape index (κ1) is 11.5. The third kappa shape index (κ3) is 2.49. The van der Waals surface area contributed by atoms with Gasteiger partial charge in [0.1, 0.15) is 0 Å². The van der Waals surface area contributed by atoms with E-state index < -0.39 is 0 Å². The van der Waals surface area contributed by atoms with Gasteiger partial charge >= 0.3 is 0 Å². The van der Waals surface area contributed by atoms with Crippen LogP contribution in [0, 0.1) is 0 Å². The maximum atomic E-state index is 3.59. The van der Waals surface area contributed by atoms with Gasteiger partial charge in [0.05, 0.1) is 0 Å². The Balaban J connectivity index is 3.01. The summed E-state index contributed by atoms with van der Waals surface area (Å²) in [5.41, 5.74) is 2.50. The van der Waals surface area contributed by atoms with Gasteiger partial charge in [0.25, 0.3) is 0 Å². The van der Waals surface area contributed by atoms with Crippen LogP contribution in [0.3, 0.4) is 0 Å². The van der Waals surface area contributed by atoms with Gasteiger partial charge in [-0.25, -0.2) is 0 Å². The number of anilines is 1. The molecule has 1 rings (SSSR count). The topological polar surface area (TPSA) is 15.3 Å². The van der Waals surface area contributed by atoms with Crippen LogP contribution in [0.5, 0.6) is 0 Å². The van der Waals surface area contributed by atoms with Crippen LogP contribution in [-0.2, 0) is 0 Å². The molecule has 0 saturated heterocycles. The van der Waals surface area contributed by atoms with E-state index in [1.165, 1.54) is 11.3 Å². The molecule has 1 aromatic carbocycles. The summed E-state index contributed by atoms with van der Waals surface area (Å²) in [4.78, 5) is 2.10. The number of benzene rings is 1. The summed E-state index contributed by atoms with van der Waals surface area (Å²) in [6, 6.07) is 6.80. The summed E-state index contributed by atoms with van der Waals surface area (Å²) in [5.74, 6) is 0. The van der Waals surface area contributed by atoms with Crippen LogP contribution < -0.4 is 10.2 Å². The van der Waals surface area contributed by atoms with E-state index >= 15 is 0 Å². The van der Waals surface area contributed by atoms with Crippen LogP contribution in [0.2, 0.25) is 0 Å². The summed E-state index contributed by atoms with van der Waals surface area (Å²) in [6.45, 7) is 2.15. The fourth-order valence-corrected chi connectivity index (χ4v) is 2.01. The van der Waals surface area contributed by atoms with E-state index in [-0.39, 0.29) is 0 Å². The maximum Gasteiger partial charge on any atom is 0.0372 e. The zero-order valence-electron chi connectivity index (χ0n) is 9.13. The van der Waals surface area contributed by atoms with Crippen LogP contribution in [0.25, 0.3) is 0 Å². The molecule has 1 atom stereocenters. The van der Waals surface area contributed by atoms with E-state index in [1.54, 1.807) is 0 Å². The second-order valence-electron chi connectivity index (χ2n) is 3.61. The lowest BCUT2D eigenvalue weighted by atomic mass is 10.1. The molecule has 0 fully saturated rings. The highest BCUT2D eigenvalue weighted by Crippen LogP contribution is 2.27. The van der Waals surface area contributed by atoms with Gasteiger partial charge in [-0.15, -0.1) is 0 Å². The number of rotatable bonds is 3. The Bertz CT molecular complexity index is 310. The van der Waals surface area contributed by atoms with Crippen LogP contribution >= 0.6 is 15.9 Å². The number of halogens is 1. The molecule has 1 unspecified atom stereocenters. The average molecular weight is 257 g/mol. The highest BCUT2D eigenvalue weighted by Gasteiger charge is 2.07. The van der Waals surface area contributed by atoms with Crippen molar-refractivity contribution in [2.75, 3.05) is 26.0 Å². The fourth-order valence-electron chi connectivity index (χ4n) is 1.30. The Hall–Kier alpha value is -0.540. The van der Waals surface area contributed by atoms with Crippen molar-refractivity contribution in [2.45, 2.75) is 13.0 Å². The molecule has 1 N–H and O–H groups in total. The monoisotopic (exact) mass is 256 g/mol. The molecule has 0 spiro atoms. The van der Waals surface area contributed by atoms with Crippen molar-refractivity contribution in [1.82, 2.24) is 5.32 Å². The quantitative estimate of drug-likeness (QED) is 0.895. The molecule has 0 bridgehead atoms. The number of nitrogens with one attached hydrogen (secondary N) is 1. The zero-order valence-corrected chi connectivity index (χ0v) is 10.7. The molecule has 2 nitrogen and oxygen atoms in total. The van der Waals surface area contributed by atoms with Gasteiger partial charge < -0.3 is 10.2 Å². The van der Waals surface area contributed by atoms with Crippen molar-refractivity contribution in [3.8, 4) is 0 Å². The molecule has 0 amide bonds. The summed E-state index contributed by atoms with van der Waals surface area (Å²) in [5, 5.41) is 3.23. The van der Waals surface area contributed by atoms with Crippen molar-refractivity contribution in [2.24, 2.45) is 0 Å². The Morgan fingerprint density at radius 1 is 1.36 bits per heavy atom. The van der Waals surface area contributed by atoms with Crippen LogP contribution in [0.4, 0.5) is 5.69 Å². The van der Waals surface area contributed by atoms with E-state index in [0.717, 1.165) is 4.47 Å². The molecular formula is C11H17BrN2. The van der Waals surface area contributed by atoms with Gasteiger partial charge in [-0.1, -0.05) is 22.0 Å². The molecule has 0 aliphatic carbocycles. The summed E-state index contributed by atoms with van der Waals surface area (Å²) >= 11 is 3.59. The van der Waals surface area contributed by atoms with Gasteiger partial charge in [-0.2, -0.15) is 0 Å². The normalized spacial score (nSPS) is 12.6. The van der Waals surface area contributed by atoms with E-state index in [0.29, 0.717) is 6.04 Å². The summed E-state index contributed by atoms with van der Waals surface area (Å²) in [7, 11) is 6.06. The molecule has 0 saturated carbocycles. The molecular weight excluding hydrogens is 240 g/mol. The van der Waals surface area contributed by atoms with Crippen molar-refractivity contribution in [3.63, 3.8) is 0 Å². The molecule has 14 heavy (non-hydrogen) atoms. The first-order valence-electron chi connectivity index (χ1n) is 4.70. The minimum absolute atomic E-state index is 0.376. The van der Waals surface area contributed by atoms with Crippen molar-refractivity contribution >= 4 is 21.6 Å². The SMILES string of the molecule is CNC(C)c1ccc(N(C)C)cc1Br. The van der Waals surface area contributed by atoms with Crippen molar-refractivity contribution in [1.29, 1.82) is 0 Å². The van der Waals surface area contributed by atoms with Gasteiger partial charge in [0.2, 0.25) is 0 Å². The van der Waals surface area contributed by atoms with E-state index in [9.17, 15) is 0 Å². The Kier molecular flexibility index (Phi) is 3.96. The predicted molar refractivity (Wildman–Crippen MR) is 65.9 cm³/mol. The first-order chi connectivity index (χ1) is 6.56. The Labute approximate surface area is 94.4 Å². The molecule has 78 valence electrons. The largest absolute Gasteiger partial charge is 0.378 e. The molecule has 0 radical (unpaired) electrons. The van der Waals surface area contributed by atoms with Gasteiger partial charge in [-0.05, 0) is 31.7 Å². The molecule has 0 heterocycles. The van der Waals surface area contributed by atoms with Crippen molar-refractivity contribution in [3.05, 3.63) is 28.2 Å². The molecule has 0 aliphatic heterocycles. The number of hydrogen-bond acceptors (Lipinski definition) is 2. The van der Waals surface area contributed by atoms with E-state index in [1.807, 2.05) is 21.1 Å². The molecule has 0 aliphatic rings. The van der Waals surface area contributed by atoms with E-state index in [2.05, 4.69) is 51.3 Å². The summed E-state index contributed by atoms with van der Waals surface area (Å²) in [6.07, 6.45) is 0. The number of hydrogen-bond donors (Lipinski definition) is 1. The second kappa shape index (κ2) is 4.80. The smallest absolute Gasteiger partial charge is 0.0372 e. The van der Waals surface area contributed by atoms with Crippen molar-refractivity contribution < 1.29 is 0 Å². The van der Waals surface area contributed by atoms with Crippen LogP contribution in [-0.4, -0.2) is 21.1 Å². The highest BCUT2D eigenvalue weighted by molar-refractivity contribution is 9.10. The number of nitrogens with zero attached hydrogens (tertiary/aromatic N) is 1. The Morgan fingerprint density at radius 3 is 2.43 bits per heavy atom. The molecule has 3 heteroatoms. The lowest BCUT2D eigenvalue weighted by Crippen LogP contribution is -2.14. The third-order valence-corrected chi connectivity index (χ3v) is 3.09. The third-order valence-electron chi connectivity index (χ3n) is 2.40. The standard InChI is InChI=1S/C11H17BrN2/c1-8(13-2)10-6-5-9(14(3)4)7-11(10)12/h5-8,13H,1-4H3. The molecule has 0 aromatic heterocycles. The lowest BCUT2D eigenvalue weighted by Gasteiger charge is -2.17. The lowest BCUT2D eigenvalue weighted by molar-refractivity contribution is 0.649. The highest BCUT2D eigenvalue weighted by atomic mass is 79.9. The predicted octanol–water partition coefficient (Wildman–Crippen LogP) is 2.80. The van der Waals surface area contributed by atoms with Crippen LogP contribution in [0.1, 0.15) is 18.5 Å². The first-order valence-corrected chi connectivity index (χ1v) is 5.49. The maximum absolute atomic E-state index is 3.59. The van der Waals surface area contributed by atoms with E-state index in [4.69, 9.17) is 0 Å². The van der Waals surface area contributed by atoms with Gasteiger partial charge in [0.15, 0.2) is 0 Å². The Morgan fingerprint density at radius 2 is 2.00 bits per heavy atom. The zero-order chi connectivity index (χ0) is 10.7. The minimum atomic E-state index is 0.376. The van der Waals surface area contributed by atoms with Crippen LogP contribution in [0.15, 0.2) is 22.7 Å². The van der Waals surface area contributed by atoms with Gasteiger partial charge in [-0.3, -0.25) is 0 Å². The second-order valence-corrected chi connectivity index (χ2v) is 4.46. The van der Waals surface area contributed by atoms with Gasteiger partial charge in [0, 0.05) is 30.3 Å². The average Bonchev–Trinajstić information content (AvgIpc) is 2.16.